The van der Waals surface area contributed by atoms with Crippen LogP contribution < -0.4 is 4.74 Å². The molecule has 0 unspecified atom stereocenters. The first-order chi connectivity index (χ1) is 9.11. The maximum atomic E-state index is 13.6. The molecule has 0 N–H and O–H groups in total. The minimum atomic E-state index is -0.894. The molecule has 0 radical (unpaired) electrons. The lowest BCUT2D eigenvalue weighted by atomic mass is 10.2. The van der Waals surface area contributed by atoms with Gasteiger partial charge in [-0.1, -0.05) is 34.1 Å². The number of carbonyl (C=O) groups is 1. The van der Waals surface area contributed by atoms with E-state index in [0.29, 0.717) is 6.29 Å². The van der Waals surface area contributed by atoms with E-state index >= 15 is 0 Å². The van der Waals surface area contributed by atoms with E-state index in [9.17, 15) is 13.6 Å². The van der Waals surface area contributed by atoms with Gasteiger partial charge in [0.15, 0.2) is 17.4 Å². The van der Waals surface area contributed by atoms with Gasteiger partial charge >= 0.3 is 0 Å². The Kier molecular flexibility index (Phi) is 4.27. The maximum Gasteiger partial charge on any atom is 0.191 e. The fourth-order valence-electron chi connectivity index (χ4n) is 1.55. The fourth-order valence-corrected chi connectivity index (χ4v) is 1.95. The van der Waals surface area contributed by atoms with Gasteiger partial charge in [-0.05, 0) is 18.2 Å². The predicted octanol–water partition coefficient (Wildman–Crippen LogP) is 4.12. The monoisotopic (exact) mass is 326 g/mol. The van der Waals surface area contributed by atoms with Crippen molar-refractivity contribution >= 4 is 22.2 Å². The van der Waals surface area contributed by atoms with Gasteiger partial charge in [0.05, 0.1) is 0 Å². The molecule has 19 heavy (non-hydrogen) atoms. The van der Waals surface area contributed by atoms with Crippen LogP contribution in [0.15, 0.2) is 40.9 Å². The average molecular weight is 327 g/mol. The quantitative estimate of drug-likeness (QED) is 0.790. The first-order valence-electron chi connectivity index (χ1n) is 5.42. The van der Waals surface area contributed by atoms with Crippen molar-refractivity contribution in [1.29, 1.82) is 0 Å². The number of hydrogen-bond acceptors (Lipinski definition) is 2. The van der Waals surface area contributed by atoms with E-state index < -0.39 is 17.4 Å². The lowest BCUT2D eigenvalue weighted by molar-refractivity contribution is 0.112. The van der Waals surface area contributed by atoms with E-state index in [1.54, 1.807) is 18.2 Å². The molecule has 0 atom stereocenters. The van der Waals surface area contributed by atoms with Crippen molar-refractivity contribution in [2.24, 2.45) is 0 Å². The summed E-state index contributed by atoms with van der Waals surface area (Å²) in [5, 5.41) is 0. The Morgan fingerprint density at radius 1 is 1.16 bits per heavy atom. The highest BCUT2D eigenvalue weighted by molar-refractivity contribution is 9.10. The lowest BCUT2D eigenvalue weighted by Crippen LogP contribution is -2.01. The average Bonchev–Trinajstić information content (AvgIpc) is 2.39. The van der Waals surface area contributed by atoms with Crippen molar-refractivity contribution in [1.82, 2.24) is 0 Å². The minimum absolute atomic E-state index is 0.0235. The molecule has 0 aliphatic heterocycles. The minimum Gasteiger partial charge on any atom is -0.483 e. The molecule has 98 valence electrons. The molecule has 2 rings (SSSR count). The summed E-state index contributed by atoms with van der Waals surface area (Å²) >= 11 is 3.32. The van der Waals surface area contributed by atoms with E-state index in [1.165, 1.54) is 0 Å². The van der Waals surface area contributed by atoms with Gasteiger partial charge in [-0.2, -0.15) is 0 Å². The van der Waals surface area contributed by atoms with Crippen LogP contribution in [-0.4, -0.2) is 6.29 Å². The Balaban J connectivity index is 2.21. The van der Waals surface area contributed by atoms with Crippen LogP contribution in [0, 0.1) is 11.6 Å². The van der Waals surface area contributed by atoms with Crippen LogP contribution in [0.3, 0.4) is 0 Å². The van der Waals surface area contributed by atoms with Crippen LogP contribution in [0.2, 0.25) is 0 Å². The molecule has 0 saturated heterocycles. The number of ether oxygens (including phenoxy) is 1. The Morgan fingerprint density at radius 3 is 2.37 bits per heavy atom. The smallest absolute Gasteiger partial charge is 0.191 e. The second kappa shape index (κ2) is 5.93. The summed E-state index contributed by atoms with van der Waals surface area (Å²) in [7, 11) is 0. The summed E-state index contributed by atoms with van der Waals surface area (Å²) < 4.78 is 33.1. The van der Waals surface area contributed by atoms with Crippen LogP contribution in [0.25, 0.3) is 0 Å². The Morgan fingerprint density at radius 2 is 1.79 bits per heavy atom. The Hall–Kier alpha value is -1.75. The van der Waals surface area contributed by atoms with E-state index in [4.69, 9.17) is 4.74 Å². The second-order valence-electron chi connectivity index (χ2n) is 3.81. The van der Waals surface area contributed by atoms with Crippen molar-refractivity contribution in [2.75, 3.05) is 0 Å². The lowest BCUT2D eigenvalue weighted by Gasteiger charge is -2.10. The van der Waals surface area contributed by atoms with E-state index in [0.717, 1.165) is 22.2 Å². The van der Waals surface area contributed by atoms with Gasteiger partial charge in [0, 0.05) is 15.6 Å². The molecule has 2 nitrogen and oxygen atoms in total. The zero-order valence-electron chi connectivity index (χ0n) is 9.70. The van der Waals surface area contributed by atoms with Gasteiger partial charge in [0.25, 0.3) is 0 Å². The van der Waals surface area contributed by atoms with Gasteiger partial charge in [-0.25, -0.2) is 8.78 Å². The zero-order valence-corrected chi connectivity index (χ0v) is 11.3. The van der Waals surface area contributed by atoms with Gasteiger partial charge < -0.3 is 4.74 Å². The highest BCUT2D eigenvalue weighted by atomic mass is 79.9. The molecule has 0 aromatic heterocycles. The van der Waals surface area contributed by atoms with E-state index in [1.807, 2.05) is 6.07 Å². The SMILES string of the molecule is O=Cc1cc(F)c(OCc2ccccc2Br)c(F)c1. The number of carbonyl (C=O) groups excluding carboxylic acids is 1. The number of benzene rings is 2. The summed E-state index contributed by atoms with van der Waals surface area (Å²) in [6.45, 7) is 0.0235. The molecular formula is C14H9BrF2O2. The molecule has 0 aliphatic rings. The first-order valence-corrected chi connectivity index (χ1v) is 6.21. The van der Waals surface area contributed by atoms with Gasteiger partial charge in [-0.15, -0.1) is 0 Å². The third-order valence-electron chi connectivity index (χ3n) is 2.49. The summed E-state index contributed by atoms with van der Waals surface area (Å²) in [6.07, 6.45) is 0.379. The predicted molar refractivity (Wildman–Crippen MR) is 70.2 cm³/mol. The van der Waals surface area contributed by atoms with Crippen molar-refractivity contribution in [2.45, 2.75) is 6.61 Å². The van der Waals surface area contributed by atoms with Crippen LogP contribution in [-0.2, 0) is 6.61 Å². The van der Waals surface area contributed by atoms with Crippen molar-refractivity contribution in [3.05, 3.63) is 63.6 Å². The highest BCUT2D eigenvalue weighted by Gasteiger charge is 2.13. The van der Waals surface area contributed by atoms with Crippen LogP contribution in [0.1, 0.15) is 15.9 Å². The molecule has 0 spiro atoms. The molecule has 5 heteroatoms. The third-order valence-corrected chi connectivity index (χ3v) is 3.26. The normalized spacial score (nSPS) is 10.3. The maximum absolute atomic E-state index is 13.6. The van der Waals surface area contributed by atoms with Crippen molar-refractivity contribution < 1.29 is 18.3 Å². The Labute approximate surface area is 117 Å². The summed E-state index contributed by atoms with van der Waals surface area (Å²) in [6, 6.07) is 9.08. The first kappa shape index (κ1) is 13.7. The number of aldehydes is 1. The largest absolute Gasteiger partial charge is 0.483 e. The summed E-state index contributed by atoms with van der Waals surface area (Å²) in [5.41, 5.74) is 0.698. The molecule has 2 aromatic rings. The van der Waals surface area contributed by atoms with Gasteiger partial charge in [-0.3, -0.25) is 4.79 Å². The molecule has 0 amide bonds. The third kappa shape index (κ3) is 3.17. The molecule has 0 heterocycles. The van der Waals surface area contributed by atoms with Crippen LogP contribution in [0.4, 0.5) is 8.78 Å². The van der Waals surface area contributed by atoms with Crippen LogP contribution in [0.5, 0.6) is 5.75 Å². The van der Waals surface area contributed by atoms with E-state index in [2.05, 4.69) is 15.9 Å². The molecule has 0 saturated carbocycles. The topological polar surface area (TPSA) is 26.3 Å². The standard InChI is InChI=1S/C14H9BrF2O2/c15-11-4-2-1-3-10(11)8-19-14-12(16)5-9(7-18)6-13(14)17/h1-7H,8H2. The van der Waals surface area contributed by atoms with Crippen molar-refractivity contribution in [3.63, 3.8) is 0 Å². The number of halogens is 3. The van der Waals surface area contributed by atoms with Gasteiger partial charge in [0.1, 0.15) is 12.9 Å². The number of rotatable bonds is 4. The zero-order chi connectivity index (χ0) is 13.8. The number of hydrogen-bond donors (Lipinski definition) is 0. The molecule has 0 bridgehead atoms. The Bertz CT molecular complexity index is 591. The van der Waals surface area contributed by atoms with Crippen LogP contribution >= 0.6 is 15.9 Å². The molecule has 2 aromatic carbocycles. The highest BCUT2D eigenvalue weighted by Crippen LogP contribution is 2.25. The van der Waals surface area contributed by atoms with Gasteiger partial charge in [0.2, 0.25) is 0 Å². The fraction of sp³-hybridized carbons (Fsp3) is 0.0714. The summed E-state index contributed by atoms with van der Waals surface area (Å²) in [4.78, 5) is 10.5. The second-order valence-corrected chi connectivity index (χ2v) is 4.67. The summed E-state index contributed by atoms with van der Waals surface area (Å²) in [5.74, 6) is -2.27. The van der Waals surface area contributed by atoms with E-state index in [-0.39, 0.29) is 12.2 Å². The molecule has 0 aliphatic carbocycles. The molecule has 0 fully saturated rings. The molecular weight excluding hydrogens is 318 g/mol. The van der Waals surface area contributed by atoms with Crippen molar-refractivity contribution in [3.8, 4) is 5.75 Å².